The first-order chi connectivity index (χ1) is 16.5. The second kappa shape index (κ2) is 9.24. The van der Waals surface area contributed by atoms with Gasteiger partial charge in [0.2, 0.25) is 11.9 Å². The molecule has 1 amide bonds. The molecule has 0 radical (unpaired) electrons. The summed E-state index contributed by atoms with van der Waals surface area (Å²) in [5, 5.41) is 17.9. The number of aliphatic hydroxyl groups excluding tert-OH is 1. The van der Waals surface area contributed by atoms with Crippen LogP contribution < -0.4 is 10.2 Å². The Bertz CT molecular complexity index is 1350. The van der Waals surface area contributed by atoms with Crippen LogP contribution in [0, 0.1) is 0 Å². The van der Waals surface area contributed by atoms with Crippen LogP contribution in [0.5, 0.6) is 0 Å². The molecule has 1 aliphatic heterocycles. The van der Waals surface area contributed by atoms with Crippen molar-refractivity contribution in [1.82, 2.24) is 19.7 Å². The van der Waals surface area contributed by atoms with E-state index in [1.165, 1.54) is 0 Å². The van der Waals surface area contributed by atoms with E-state index in [0.29, 0.717) is 17.5 Å². The number of amides is 1. The zero-order valence-corrected chi connectivity index (χ0v) is 19.3. The van der Waals surface area contributed by atoms with Crippen LogP contribution in [0.3, 0.4) is 0 Å². The Morgan fingerprint density at radius 3 is 2.79 bits per heavy atom. The molecule has 1 unspecified atom stereocenters. The van der Waals surface area contributed by atoms with Gasteiger partial charge in [0.25, 0.3) is 0 Å². The molecule has 4 aromatic rings. The highest BCUT2D eigenvalue weighted by molar-refractivity contribution is 6.31. The van der Waals surface area contributed by atoms with Crippen LogP contribution >= 0.6 is 11.6 Å². The third-order valence-electron chi connectivity index (χ3n) is 5.99. The summed E-state index contributed by atoms with van der Waals surface area (Å²) in [6.45, 7) is 0.374. The second-order valence-corrected chi connectivity index (χ2v) is 8.56. The molecule has 172 valence electrons. The number of anilines is 3. The molecule has 0 fully saturated rings. The minimum absolute atomic E-state index is 0.0522. The van der Waals surface area contributed by atoms with Crippen molar-refractivity contribution in [2.24, 2.45) is 7.05 Å². The molecule has 0 saturated heterocycles. The van der Waals surface area contributed by atoms with Crippen LogP contribution in [0.2, 0.25) is 5.02 Å². The lowest BCUT2D eigenvalue weighted by Crippen LogP contribution is -2.31. The average molecular weight is 475 g/mol. The Kier molecular flexibility index (Phi) is 6.00. The molecular formula is C25H23ClN6O2. The molecule has 34 heavy (non-hydrogen) atoms. The number of carbonyl (C=O) groups is 1. The zero-order chi connectivity index (χ0) is 23.7. The second-order valence-electron chi connectivity index (χ2n) is 8.16. The molecular weight excluding hydrogens is 452 g/mol. The molecule has 2 aromatic heterocycles. The molecule has 0 spiro atoms. The lowest BCUT2D eigenvalue weighted by Gasteiger charge is -2.18. The van der Waals surface area contributed by atoms with Gasteiger partial charge in [0.15, 0.2) is 0 Å². The summed E-state index contributed by atoms with van der Waals surface area (Å²) in [5.41, 5.74) is 4.14. The minimum Gasteiger partial charge on any atom is -0.396 e. The van der Waals surface area contributed by atoms with Crippen LogP contribution in [0.4, 0.5) is 17.5 Å². The Balaban J connectivity index is 1.42. The van der Waals surface area contributed by atoms with Crippen molar-refractivity contribution in [2.45, 2.75) is 12.3 Å². The number of hydrogen-bond acceptors (Lipinski definition) is 6. The summed E-state index contributed by atoms with van der Waals surface area (Å²) in [4.78, 5) is 23.8. The number of carbonyl (C=O) groups excluding carboxylic acids is 1. The SMILES string of the molecule is Cn1nccc1Nc1nccc(-c2ccc3c(c2)C(CO)CN3C(=O)Cc2ccccc2Cl)n1. The van der Waals surface area contributed by atoms with Crippen molar-refractivity contribution in [1.29, 1.82) is 0 Å². The van der Waals surface area contributed by atoms with E-state index in [0.717, 1.165) is 33.9 Å². The van der Waals surface area contributed by atoms with Gasteiger partial charge >= 0.3 is 0 Å². The first kappa shape index (κ1) is 22.1. The monoisotopic (exact) mass is 474 g/mol. The highest BCUT2D eigenvalue weighted by atomic mass is 35.5. The molecule has 1 atom stereocenters. The van der Waals surface area contributed by atoms with Gasteiger partial charge in [-0.05, 0) is 35.4 Å². The third kappa shape index (κ3) is 4.25. The van der Waals surface area contributed by atoms with E-state index in [-0.39, 0.29) is 24.9 Å². The van der Waals surface area contributed by atoms with E-state index in [2.05, 4.69) is 20.4 Å². The smallest absolute Gasteiger partial charge is 0.231 e. The first-order valence-electron chi connectivity index (χ1n) is 10.9. The van der Waals surface area contributed by atoms with Gasteiger partial charge in [-0.3, -0.25) is 9.48 Å². The van der Waals surface area contributed by atoms with Crippen molar-refractivity contribution in [3.8, 4) is 11.3 Å². The van der Waals surface area contributed by atoms with E-state index in [1.54, 1.807) is 28.0 Å². The van der Waals surface area contributed by atoms with E-state index in [1.807, 2.05) is 55.6 Å². The van der Waals surface area contributed by atoms with Gasteiger partial charge in [-0.1, -0.05) is 35.9 Å². The summed E-state index contributed by atoms with van der Waals surface area (Å²) >= 11 is 6.25. The average Bonchev–Trinajstić information content (AvgIpc) is 3.43. The predicted molar refractivity (Wildman–Crippen MR) is 131 cm³/mol. The molecule has 3 heterocycles. The third-order valence-corrected chi connectivity index (χ3v) is 6.36. The highest BCUT2D eigenvalue weighted by Crippen LogP contribution is 2.39. The fourth-order valence-electron chi connectivity index (χ4n) is 4.19. The summed E-state index contributed by atoms with van der Waals surface area (Å²) in [7, 11) is 1.83. The molecule has 2 N–H and O–H groups in total. The minimum atomic E-state index is -0.168. The molecule has 8 nitrogen and oxygen atoms in total. The number of nitrogens with one attached hydrogen (secondary N) is 1. The number of aliphatic hydroxyl groups is 1. The molecule has 1 aliphatic rings. The van der Waals surface area contributed by atoms with Crippen LogP contribution in [0.15, 0.2) is 67.0 Å². The van der Waals surface area contributed by atoms with Crippen LogP contribution in [0.25, 0.3) is 11.3 Å². The van der Waals surface area contributed by atoms with Crippen molar-refractivity contribution in [2.75, 3.05) is 23.4 Å². The molecule has 0 bridgehead atoms. The number of halogens is 1. The summed E-state index contributed by atoms with van der Waals surface area (Å²) in [6.07, 6.45) is 3.59. The maximum atomic E-state index is 13.1. The summed E-state index contributed by atoms with van der Waals surface area (Å²) in [6, 6.07) is 16.9. The van der Waals surface area contributed by atoms with E-state index < -0.39 is 0 Å². The number of nitrogens with zero attached hydrogens (tertiary/aromatic N) is 5. The van der Waals surface area contributed by atoms with Crippen molar-refractivity contribution < 1.29 is 9.90 Å². The number of benzene rings is 2. The zero-order valence-electron chi connectivity index (χ0n) is 18.5. The predicted octanol–water partition coefficient (Wildman–Crippen LogP) is 3.94. The normalized spacial score (nSPS) is 14.8. The van der Waals surface area contributed by atoms with Crippen LogP contribution in [0.1, 0.15) is 17.0 Å². The van der Waals surface area contributed by atoms with Gasteiger partial charge in [0.1, 0.15) is 5.82 Å². The first-order valence-corrected chi connectivity index (χ1v) is 11.3. The van der Waals surface area contributed by atoms with Crippen molar-refractivity contribution >= 4 is 35.0 Å². The largest absolute Gasteiger partial charge is 0.396 e. The number of fused-ring (bicyclic) bond motifs is 1. The maximum Gasteiger partial charge on any atom is 0.231 e. The standard InChI is InChI=1S/C25H23ClN6O2/c1-31-23(9-11-28-31)30-25-27-10-8-21(29-25)17-6-7-22-19(12-17)18(15-33)14-32(22)24(34)13-16-4-2-3-5-20(16)26/h2-12,18,33H,13-15H2,1H3,(H,27,29,30). The topological polar surface area (TPSA) is 96.2 Å². The fourth-order valence-corrected chi connectivity index (χ4v) is 4.39. The molecule has 0 aliphatic carbocycles. The van der Waals surface area contributed by atoms with Gasteiger partial charge < -0.3 is 15.3 Å². The maximum absolute atomic E-state index is 13.1. The Hall–Kier alpha value is -3.75. The van der Waals surface area contributed by atoms with Gasteiger partial charge in [-0.15, -0.1) is 0 Å². The van der Waals surface area contributed by atoms with Gasteiger partial charge in [-0.2, -0.15) is 5.10 Å². The van der Waals surface area contributed by atoms with E-state index in [4.69, 9.17) is 11.6 Å². The Morgan fingerprint density at radius 2 is 2.03 bits per heavy atom. The van der Waals surface area contributed by atoms with Gasteiger partial charge in [0.05, 0.1) is 24.9 Å². The number of aryl methyl sites for hydroxylation is 1. The lowest BCUT2D eigenvalue weighted by atomic mass is 9.99. The molecule has 2 aromatic carbocycles. The molecule has 9 heteroatoms. The van der Waals surface area contributed by atoms with Crippen molar-refractivity contribution in [3.05, 3.63) is 83.1 Å². The van der Waals surface area contributed by atoms with E-state index >= 15 is 0 Å². The lowest BCUT2D eigenvalue weighted by molar-refractivity contribution is -0.117. The fraction of sp³-hybridized carbons (Fsp3) is 0.200. The van der Waals surface area contributed by atoms with Crippen molar-refractivity contribution in [3.63, 3.8) is 0 Å². The summed E-state index contributed by atoms with van der Waals surface area (Å²) in [5.74, 6) is 1.01. The number of rotatable bonds is 6. The summed E-state index contributed by atoms with van der Waals surface area (Å²) < 4.78 is 1.70. The highest BCUT2D eigenvalue weighted by Gasteiger charge is 2.32. The Morgan fingerprint density at radius 1 is 1.18 bits per heavy atom. The quantitative estimate of drug-likeness (QED) is 0.439. The Labute approximate surface area is 201 Å². The van der Waals surface area contributed by atoms with Crippen LogP contribution in [-0.2, 0) is 18.3 Å². The molecule has 0 saturated carbocycles. The van der Waals surface area contributed by atoms with Gasteiger partial charge in [-0.25, -0.2) is 9.97 Å². The van der Waals surface area contributed by atoms with Crippen LogP contribution in [-0.4, -0.2) is 43.9 Å². The number of aromatic nitrogens is 4. The van der Waals surface area contributed by atoms with E-state index in [9.17, 15) is 9.90 Å². The van der Waals surface area contributed by atoms with Gasteiger partial charge in [0, 0.05) is 48.0 Å². The molecule has 5 rings (SSSR count). The number of hydrogen-bond donors (Lipinski definition) is 2.